The average Bonchev–Trinajstić information content (AvgIpc) is 2.78. The zero-order valence-electron chi connectivity index (χ0n) is 13.0. The van der Waals surface area contributed by atoms with Crippen molar-refractivity contribution in [3.63, 3.8) is 0 Å². The third kappa shape index (κ3) is 3.13. The quantitative estimate of drug-likeness (QED) is 0.872. The lowest BCUT2D eigenvalue weighted by Crippen LogP contribution is -2.33. The molecular weight excluding hydrogens is 268 g/mol. The molecule has 0 bridgehead atoms. The topological polar surface area (TPSA) is 64.8 Å². The fourth-order valence-corrected chi connectivity index (χ4v) is 2.87. The van der Waals surface area contributed by atoms with E-state index in [2.05, 4.69) is 6.92 Å². The Hall–Kier alpha value is -1.75. The lowest BCUT2D eigenvalue weighted by Gasteiger charge is -2.27. The lowest BCUT2D eigenvalue weighted by molar-refractivity contribution is -0.129. The molecule has 1 aliphatic rings. The van der Waals surface area contributed by atoms with Crippen LogP contribution in [-0.2, 0) is 4.79 Å². The van der Waals surface area contributed by atoms with E-state index in [1.165, 1.54) is 0 Å². The van der Waals surface area contributed by atoms with Gasteiger partial charge in [0.15, 0.2) is 11.5 Å². The number of methoxy groups -OCH3 is 2. The molecule has 1 fully saturated rings. The summed E-state index contributed by atoms with van der Waals surface area (Å²) in [5.41, 5.74) is 7.19. The first-order chi connectivity index (χ1) is 10.1. The van der Waals surface area contributed by atoms with E-state index in [9.17, 15) is 4.79 Å². The van der Waals surface area contributed by atoms with Gasteiger partial charge in [0.2, 0.25) is 5.91 Å². The molecule has 2 N–H and O–H groups in total. The monoisotopic (exact) mass is 292 g/mol. The van der Waals surface area contributed by atoms with Gasteiger partial charge in [-0.05, 0) is 24.1 Å². The molecule has 21 heavy (non-hydrogen) atoms. The highest BCUT2D eigenvalue weighted by Crippen LogP contribution is 2.37. The molecule has 1 saturated heterocycles. The molecule has 116 valence electrons. The van der Waals surface area contributed by atoms with Crippen molar-refractivity contribution in [2.24, 2.45) is 5.73 Å². The van der Waals surface area contributed by atoms with Crippen molar-refractivity contribution in [3.05, 3.63) is 23.8 Å². The smallest absolute Gasteiger partial charge is 0.224 e. The van der Waals surface area contributed by atoms with Crippen LogP contribution < -0.4 is 15.2 Å². The van der Waals surface area contributed by atoms with Crippen molar-refractivity contribution in [3.8, 4) is 11.5 Å². The number of rotatable bonds is 6. The molecule has 2 rings (SSSR count). The van der Waals surface area contributed by atoms with Crippen molar-refractivity contribution in [1.82, 2.24) is 4.90 Å². The Morgan fingerprint density at radius 2 is 2.00 bits per heavy atom. The van der Waals surface area contributed by atoms with Crippen molar-refractivity contribution in [2.75, 3.05) is 20.8 Å². The Morgan fingerprint density at radius 1 is 1.29 bits per heavy atom. The number of hydrogen-bond donors (Lipinski definition) is 1. The van der Waals surface area contributed by atoms with Gasteiger partial charge in [-0.3, -0.25) is 4.79 Å². The standard InChI is InChI=1S/C16H24N2O3/c1-4-5-8-18-15(19)10-12(17)16(18)11-6-7-13(20-2)14(9-11)21-3/h6-7,9,12,16H,4-5,8,10,17H2,1-3H3. The normalized spacial score (nSPS) is 21.7. The first-order valence-electron chi connectivity index (χ1n) is 7.39. The predicted molar refractivity (Wildman–Crippen MR) is 81.5 cm³/mol. The van der Waals surface area contributed by atoms with E-state index < -0.39 is 0 Å². The van der Waals surface area contributed by atoms with Gasteiger partial charge in [-0.15, -0.1) is 0 Å². The molecule has 1 amide bonds. The van der Waals surface area contributed by atoms with Crippen LogP contribution in [0.5, 0.6) is 11.5 Å². The summed E-state index contributed by atoms with van der Waals surface area (Å²) < 4.78 is 10.6. The Labute approximate surface area is 126 Å². The second kappa shape index (κ2) is 6.80. The van der Waals surface area contributed by atoms with Crippen LogP contribution >= 0.6 is 0 Å². The number of benzene rings is 1. The third-order valence-corrected chi connectivity index (χ3v) is 3.97. The van der Waals surface area contributed by atoms with Crippen LogP contribution in [0, 0.1) is 0 Å². The van der Waals surface area contributed by atoms with E-state index in [1.54, 1.807) is 14.2 Å². The molecular formula is C16H24N2O3. The van der Waals surface area contributed by atoms with Crippen molar-refractivity contribution in [2.45, 2.75) is 38.3 Å². The zero-order chi connectivity index (χ0) is 15.4. The van der Waals surface area contributed by atoms with Gasteiger partial charge in [-0.2, -0.15) is 0 Å². The van der Waals surface area contributed by atoms with Crippen molar-refractivity contribution >= 4 is 5.91 Å². The van der Waals surface area contributed by atoms with Crippen LogP contribution in [0.2, 0.25) is 0 Å². The molecule has 1 heterocycles. The van der Waals surface area contributed by atoms with Gasteiger partial charge in [-0.1, -0.05) is 19.4 Å². The molecule has 0 aromatic heterocycles. The van der Waals surface area contributed by atoms with Gasteiger partial charge in [-0.25, -0.2) is 0 Å². The van der Waals surface area contributed by atoms with Gasteiger partial charge >= 0.3 is 0 Å². The molecule has 0 aliphatic carbocycles. The molecule has 1 aromatic carbocycles. The van der Waals surface area contributed by atoms with Crippen molar-refractivity contribution < 1.29 is 14.3 Å². The summed E-state index contributed by atoms with van der Waals surface area (Å²) in [7, 11) is 3.21. The minimum absolute atomic E-state index is 0.0798. The number of carbonyl (C=O) groups excluding carboxylic acids is 1. The SMILES string of the molecule is CCCCN1C(=O)CC(N)C1c1ccc(OC)c(OC)c1. The summed E-state index contributed by atoms with van der Waals surface area (Å²) in [6.07, 6.45) is 2.45. The molecule has 1 aliphatic heterocycles. The van der Waals surface area contributed by atoms with Gasteiger partial charge in [0.25, 0.3) is 0 Å². The summed E-state index contributed by atoms with van der Waals surface area (Å²) in [4.78, 5) is 14.0. The van der Waals surface area contributed by atoms with Gasteiger partial charge in [0.1, 0.15) is 0 Å². The van der Waals surface area contributed by atoms with Gasteiger partial charge in [0.05, 0.1) is 20.3 Å². The number of hydrogen-bond acceptors (Lipinski definition) is 4. The highest BCUT2D eigenvalue weighted by Gasteiger charge is 2.38. The fourth-order valence-electron chi connectivity index (χ4n) is 2.87. The summed E-state index contributed by atoms with van der Waals surface area (Å²) >= 11 is 0. The largest absolute Gasteiger partial charge is 0.493 e. The zero-order valence-corrected chi connectivity index (χ0v) is 13.0. The predicted octanol–water partition coefficient (Wildman–Crippen LogP) is 2.10. The van der Waals surface area contributed by atoms with Crippen molar-refractivity contribution in [1.29, 1.82) is 0 Å². The number of unbranched alkanes of at least 4 members (excludes halogenated alkanes) is 1. The highest BCUT2D eigenvalue weighted by molar-refractivity contribution is 5.80. The minimum Gasteiger partial charge on any atom is -0.493 e. The summed E-state index contributed by atoms with van der Waals surface area (Å²) in [6.45, 7) is 2.87. The Bertz CT molecular complexity index is 504. The number of nitrogens with zero attached hydrogens (tertiary/aromatic N) is 1. The number of nitrogens with two attached hydrogens (primary N) is 1. The maximum absolute atomic E-state index is 12.1. The number of amides is 1. The number of likely N-dealkylation sites (tertiary alicyclic amines) is 1. The molecule has 2 atom stereocenters. The second-order valence-corrected chi connectivity index (χ2v) is 5.37. The van der Waals surface area contributed by atoms with Crippen LogP contribution in [0.15, 0.2) is 18.2 Å². The van der Waals surface area contributed by atoms with E-state index in [4.69, 9.17) is 15.2 Å². The van der Waals surface area contributed by atoms with Crippen LogP contribution in [0.1, 0.15) is 37.8 Å². The Morgan fingerprint density at radius 3 is 2.62 bits per heavy atom. The third-order valence-electron chi connectivity index (χ3n) is 3.97. The Balaban J connectivity index is 2.31. The minimum atomic E-state index is -0.174. The maximum Gasteiger partial charge on any atom is 0.224 e. The van der Waals surface area contributed by atoms with Gasteiger partial charge in [0, 0.05) is 19.0 Å². The fraction of sp³-hybridized carbons (Fsp3) is 0.562. The van der Waals surface area contributed by atoms with Crippen LogP contribution in [-0.4, -0.2) is 37.6 Å². The lowest BCUT2D eigenvalue weighted by atomic mass is 10.00. The van der Waals surface area contributed by atoms with Crippen LogP contribution in [0.4, 0.5) is 0 Å². The van der Waals surface area contributed by atoms with E-state index in [1.807, 2.05) is 23.1 Å². The summed E-state index contributed by atoms with van der Waals surface area (Å²) in [6, 6.07) is 5.49. The average molecular weight is 292 g/mol. The maximum atomic E-state index is 12.1. The molecule has 1 aromatic rings. The first-order valence-corrected chi connectivity index (χ1v) is 7.39. The highest BCUT2D eigenvalue weighted by atomic mass is 16.5. The van der Waals surface area contributed by atoms with E-state index in [0.717, 1.165) is 24.9 Å². The molecule has 0 radical (unpaired) electrons. The first kappa shape index (κ1) is 15.6. The summed E-state index contributed by atoms with van der Waals surface area (Å²) in [5.74, 6) is 1.48. The molecule has 0 spiro atoms. The Kier molecular flexibility index (Phi) is 5.07. The van der Waals surface area contributed by atoms with E-state index in [-0.39, 0.29) is 18.0 Å². The van der Waals surface area contributed by atoms with Crippen LogP contribution in [0.3, 0.4) is 0 Å². The van der Waals surface area contributed by atoms with Gasteiger partial charge < -0.3 is 20.1 Å². The van der Waals surface area contributed by atoms with E-state index in [0.29, 0.717) is 17.9 Å². The van der Waals surface area contributed by atoms with E-state index >= 15 is 0 Å². The molecule has 5 heteroatoms. The second-order valence-electron chi connectivity index (χ2n) is 5.37. The molecule has 0 saturated carbocycles. The molecule has 2 unspecified atom stereocenters. The number of carbonyl (C=O) groups is 1. The number of ether oxygens (including phenoxy) is 2. The molecule has 5 nitrogen and oxygen atoms in total. The summed E-state index contributed by atoms with van der Waals surface area (Å²) in [5, 5.41) is 0. The van der Waals surface area contributed by atoms with Crippen LogP contribution in [0.25, 0.3) is 0 Å².